The van der Waals surface area contributed by atoms with E-state index < -0.39 is 15.8 Å². The Morgan fingerprint density at radius 2 is 1.95 bits per heavy atom. The summed E-state index contributed by atoms with van der Waals surface area (Å²) in [4.78, 5) is 1.93. The monoisotopic (exact) mass is 311 g/mol. The Hall–Kier alpha value is -1.62. The lowest BCUT2D eigenvalue weighted by Gasteiger charge is -2.33. The predicted molar refractivity (Wildman–Crippen MR) is 79.6 cm³/mol. The van der Waals surface area contributed by atoms with Gasteiger partial charge in [-0.3, -0.25) is 4.90 Å². The maximum atomic E-state index is 13.7. The second kappa shape index (κ2) is 6.02. The smallest absolute Gasteiger partial charge is 0.243 e. The summed E-state index contributed by atoms with van der Waals surface area (Å²) < 4.78 is 40.3. The zero-order valence-electron chi connectivity index (χ0n) is 11.8. The molecule has 2 N–H and O–H groups in total. The van der Waals surface area contributed by atoms with Crippen LogP contribution < -0.4 is 5.73 Å². The van der Waals surface area contributed by atoms with Crippen molar-refractivity contribution in [1.29, 1.82) is 0 Å². The third kappa shape index (κ3) is 3.18. The zero-order valence-corrected chi connectivity index (χ0v) is 12.7. The number of nitrogens with two attached hydrogens (primary N) is 1. The number of hydrogen-bond donors (Lipinski definition) is 1. The van der Waals surface area contributed by atoms with E-state index in [-0.39, 0.29) is 16.1 Å². The van der Waals surface area contributed by atoms with Gasteiger partial charge in [0, 0.05) is 37.4 Å². The lowest BCUT2D eigenvalue weighted by molar-refractivity contribution is 0.207. The lowest BCUT2D eigenvalue weighted by Crippen LogP contribution is -2.48. The molecule has 7 heteroatoms. The molecule has 1 heterocycles. The highest BCUT2D eigenvalue weighted by Gasteiger charge is 2.30. The lowest BCUT2D eigenvalue weighted by atomic mass is 10.2. The first kappa shape index (κ1) is 15.8. The van der Waals surface area contributed by atoms with Gasteiger partial charge in [-0.15, -0.1) is 6.42 Å². The minimum absolute atomic E-state index is 0.0644. The Morgan fingerprint density at radius 3 is 2.52 bits per heavy atom. The average Bonchev–Trinajstić information content (AvgIpc) is 2.43. The minimum atomic E-state index is -3.74. The number of hydrogen-bond acceptors (Lipinski definition) is 4. The van der Waals surface area contributed by atoms with Crippen LogP contribution in [0.5, 0.6) is 0 Å². The number of anilines is 1. The number of benzene rings is 1. The van der Waals surface area contributed by atoms with Crippen LogP contribution in [0.4, 0.5) is 10.1 Å². The van der Waals surface area contributed by atoms with Gasteiger partial charge in [-0.25, -0.2) is 12.8 Å². The molecule has 2 rings (SSSR count). The number of sulfonamides is 1. The standard InChI is InChI=1S/C14H18FN3O2S/c1-3-4-17-5-7-18(8-6-17)21(19,20)14-10-12(16)9-13(15)11(14)2/h1,9-10H,4-8,16H2,2H3. The van der Waals surface area contributed by atoms with Gasteiger partial charge >= 0.3 is 0 Å². The van der Waals surface area contributed by atoms with Crippen molar-refractivity contribution in [2.45, 2.75) is 11.8 Å². The van der Waals surface area contributed by atoms with E-state index in [1.807, 2.05) is 4.90 Å². The van der Waals surface area contributed by atoms with E-state index in [9.17, 15) is 12.8 Å². The fraction of sp³-hybridized carbons (Fsp3) is 0.429. The van der Waals surface area contributed by atoms with Crippen molar-refractivity contribution >= 4 is 15.7 Å². The Bertz CT molecular complexity index is 674. The van der Waals surface area contributed by atoms with Crippen LogP contribution in [0.1, 0.15) is 5.56 Å². The first-order valence-corrected chi connectivity index (χ1v) is 8.02. The predicted octanol–water partition coefficient (Wildman–Crippen LogP) is 0.656. The largest absolute Gasteiger partial charge is 0.399 e. The highest BCUT2D eigenvalue weighted by Crippen LogP contribution is 2.25. The summed E-state index contributed by atoms with van der Waals surface area (Å²) in [5, 5.41) is 0. The Balaban J connectivity index is 2.26. The molecule has 0 aliphatic carbocycles. The van der Waals surface area contributed by atoms with Crippen molar-refractivity contribution in [3.8, 4) is 12.3 Å². The maximum Gasteiger partial charge on any atom is 0.243 e. The number of nitrogens with zero attached hydrogens (tertiary/aromatic N) is 2. The molecule has 1 fully saturated rings. The quantitative estimate of drug-likeness (QED) is 0.658. The van der Waals surface area contributed by atoms with Gasteiger partial charge < -0.3 is 5.73 Å². The van der Waals surface area contributed by atoms with Crippen molar-refractivity contribution in [1.82, 2.24) is 9.21 Å². The van der Waals surface area contributed by atoms with Crippen molar-refractivity contribution < 1.29 is 12.8 Å². The molecular weight excluding hydrogens is 293 g/mol. The molecule has 0 saturated carbocycles. The number of nitrogen functional groups attached to an aromatic ring is 1. The first-order chi connectivity index (χ1) is 9.86. The second-order valence-corrected chi connectivity index (χ2v) is 6.92. The molecule has 0 aromatic heterocycles. The van der Waals surface area contributed by atoms with E-state index in [4.69, 9.17) is 12.2 Å². The molecule has 0 unspecified atom stereocenters. The van der Waals surface area contributed by atoms with Gasteiger partial charge in [0.05, 0.1) is 11.4 Å². The Labute approximate surface area is 124 Å². The van der Waals surface area contributed by atoms with Crippen molar-refractivity contribution in [2.24, 2.45) is 0 Å². The Morgan fingerprint density at radius 1 is 1.33 bits per heavy atom. The van der Waals surface area contributed by atoms with Crippen LogP contribution in [0.2, 0.25) is 0 Å². The van der Waals surface area contributed by atoms with Crippen LogP contribution in [-0.2, 0) is 10.0 Å². The minimum Gasteiger partial charge on any atom is -0.399 e. The van der Waals surface area contributed by atoms with Gasteiger partial charge in [-0.2, -0.15) is 4.31 Å². The third-order valence-corrected chi connectivity index (χ3v) is 5.61. The first-order valence-electron chi connectivity index (χ1n) is 6.58. The molecular formula is C14H18FN3O2S. The summed E-state index contributed by atoms with van der Waals surface area (Å²) in [5.74, 6) is 1.93. The van der Waals surface area contributed by atoms with E-state index >= 15 is 0 Å². The molecule has 1 aromatic rings. The molecule has 1 aliphatic rings. The van der Waals surface area contributed by atoms with Crippen LogP contribution in [0.15, 0.2) is 17.0 Å². The van der Waals surface area contributed by atoms with Crippen LogP contribution in [0, 0.1) is 25.1 Å². The molecule has 0 radical (unpaired) electrons. The number of piperazine rings is 1. The van der Waals surface area contributed by atoms with Gasteiger partial charge in [0.2, 0.25) is 10.0 Å². The summed E-state index contributed by atoms with van der Waals surface area (Å²) in [7, 11) is -3.74. The molecule has 0 amide bonds. The maximum absolute atomic E-state index is 13.7. The van der Waals surface area contributed by atoms with Gasteiger partial charge in [0.15, 0.2) is 0 Å². The molecule has 0 spiro atoms. The van der Waals surface area contributed by atoms with Crippen LogP contribution in [0.3, 0.4) is 0 Å². The van der Waals surface area contributed by atoms with E-state index in [2.05, 4.69) is 5.92 Å². The Kier molecular flexibility index (Phi) is 4.52. The van der Waals surface area contributed by atoms with Crippen molar-refractivity contribution in [2.75, 3.05) is 38.5 Å². The average molecular weight is 311 g/mol. The molecule has 114 valence electrons. The van der Waals surface area contributed by atoms with E-state index in [1.165, 1.54) is 17.3 Å². The third-order valence-electron chi connectivity index (χ3n) is 3.58. The molecule has 0 bridgehead atoms. The molecule has 0 atom stereocenters. The summed E-state index contributed by atoms with van der Waals surface area (Å²) in [6.45, 7) is 3.73. The normalized spacial score (nSPS) is 17.6. The molecule has 1 aliphatic heterocycles. The van der Waals surface area contributed by atoms with E-state index in [0.717, 1.165) is 6.07 Å². The van der Waals surface area contributed by atoms with Gasteiger partial charge in [-0.05, 0) is 19.1 Å². The van der Waals surface area contributed by atoms with Gasteiger partial charge in [0.25, 0.3) is 0 Å². The molecule has 1 aromatic carbocycles. The number of halogens is 1. The summed E-state index contributed by atoms with van der Waals surface area (Å²) in [6.07, 6.45) is 5.24. The topological polar surface area (TPSA) is 66.6 Å². The summed E-state index contributed by atoms with van der Waals surface area (Å²) >= 11 is 0. The molecule has 21 heavy (non-hydrogen) atoms. The SMILES string of the molecule is C#CCN1CCN(S(=O)(=O)c2cc(N)cc(F)c2C)CC1. The van der Waals surface area contributed by atoms with Gasteiger partial charge in [-0.1, -0.05) is 5.92 Å². The van der Waals surface area contributed by atoms with Gasteiger partial charge in [0.1, 0.15) is 5.82 Å². The van der Waals surface area contributed by atoms with Crippen molar-refractivity contribution in [3.63, 3.8) is 0 Å². The highest BCUT2D eigenvalue weighted by atomic mass is 32.2. The summed E-state index contributed by atoms with van der Waals surface area (Å²) in [5.41, 5.74) is 5.76. The van der Waals surface area contributed by atoms with Crippen LogP contribution in [-0.4, -0.2) is 50.3 Å². The van der Waals surface area contributed by atoms with Crippen LogP contribution >= 0.6 is 0 Å². The second-order valence-electron chi connectivity index (χ2n) is 5.01. The van der Waals surface area contributed by atoms with E-state index in [0.29, 0.717) is 32.7 Å². The summed E-state index contributed by atoms with van der Waals surface area (Å²) in [6, 6.07) is 2.43. The fourth-order valence-corrected chi connectivity index (χ4v) is 4.03. The number of rotatable bonds is 3. The van der Waals surface area contributed by atoms with E-state index in [1.54, 1.807) is 0 Å². The number of terminal acetylenes is 1. The zero-order chi connectivity index (χ0) is 15.6. The highest BCUT2D eigenvalue weighted by molar-refractivity contribution is 7.89. The molecule has 1 saturated heterocycles. The fourth-order valence-electron chi connectivity index (χ4n) is 2.34. The molecule has 5 nitrogen and oxygen atoms in total. The van der Waals surface area contributed by atoms with Crippen molar-refractivity contribution in [3.05, 3.63) is 23.5 Å². The van der Waals surface area contributed by atoms with Crippen LogP contribution in [0.25, 0.3) is 0 Å².